The van der Waals surface area contributed by atoms with Crippen molar-refractivity contribution in [2.75, 3.05) is 9.80 Å². The van der Waals surface area contributed by atoms with Crippen molar-refractivity contribution >= 4 is 44.9 Å². The van der Waals surface area contributed by atoms with Crippen molar-refractivity contribution in [2.24, 2.45) is 0 Å². The topological polar surface area (TPSA) is 6.48 Å². The predicted molar refractivity (Wildman–Crippen MR) is 279 cm³/mol. The summed E-state index contributed by atoms with van der Waals surface area (Å²) in [5.41, 5.74) is 22.1. The third kappa shape index (κ3) is 6.39. The number of nitrogens with zero attached hydrogens (tertiary/aromatic N) is 2. The molecule has 10 aromatic carbocycles. The van der Waals surface area contributed by atoms with Gasteiger partial charge in [-0.15, -0.1) is 0 Å². The van der Waals surface area contributed by atoms with Crippen LogP contribution in [-0.4, -0.2) is 0 Å². The number of benzene rings is 10. The Balaban J connectivity index is 0.939. The lowest BCUT2D eigenvalue weighted by Crippen LogP contribution is -2.18. The van der Waals surface area contributed by atoms with Crippen LogP contribution in [0.2, 0.25) is 0 Å². The number of hydrogen-bond acceptors (Lipinski definition) is 2. The van der Waals surface area contributed by atoms with E-state index in [1.165, 1.54) is 83.2 Å². The largest absolute Gasteiger partial charge is 0.310 e. The first kappa shape index (κ1) is 39.6. The zero-order chi connectivity index (χ0) is 44.6. The Bertz CT molecular complexity index is 3350. The van der Waals surface area contributed by atoms with E-state index in [4.69, 9.17) is 0 Å². The minimum atomic E-state index is -0.221. The summed E-state index contributed by atoms with van der Waals surface area (Å²) in [4.78, 5) is 4.84. The summed E-state index contributed by atoms with van der Waals surface area (Å²) >= 11 is 0. The van der Waals surface area contributed by atoms with Crippen molar-refractivity contribution in [1.29, 1.82) is 0 Å². The minimum Gasteiger partial charge on any atom is -0.310 e. The van der Waals surface area contributed by atoms with Crippen molar-refractivity contribution in [3.05, 3.63) is 253 Å². The van der Waals surface area contributed by atoms with Gasteiger partial charge in [-0.05, 0) is 151 Å². The summed E-state index contributed by atoms with van der Waals surface area (Å²) in [6.45, 7) is 9.64. The van der Waals surface area contributed by atoms with Crippen LogP contribution in [0.1, 0.15) is 49.9 Å². The van der Waals surface area contributed by atoms with E-state index < -0.39 is 0 Å². The Morgan fingerprint density at radius 2 is 0.652 bits per heavy atom. The van der Waals surface area contributed by atoms with Gasteiger partial charge in [0.2, 0.25) is 0 Å². The quantitative estimate of drug-likeness (QED) is 0.150. The van der Waals surface area contributed by atoms with Gasteiger partial charge in [-0.25, -0.2) is 0 Å². The number of hydrogen-bond donors (Lipinski definition) is 0. The van der Waals surface area contributed by atoms with Gasteiger partial charge in [0, 0.05) is 44.7 Å². The normalized spacial score (nSPS) is 13.7. The van der Waals surface area contributed by atoms with Crippen LogP contribution in [0.25, 0.3) is 55.3 Å². The zero-order valence-electron chi connectivity index (χ0n) is 37.8. The van der Waals surface area contributed by atoms with Crippen LogP contribution >= 0.6 is 0 Å². The van der Waals surface area contributed by atoms with Crippen molar-refractivity contribution in [1.82, 2.24) is 0 Å². The van der Waals surface area contributed by atoms with Gasteiger partial charge in [-0.1, -0.05) is 179 Å². The minimum absolute atomic E-state index is 0.210. The number of para-hydroxylation sites is 1. The summed E-state index contributed by atoms with van der Waals surface area (Å²) in [5, 5.41) is 2.47. The van der Waals surface area contributed by atoms with E-state index in [1.807, 2.05) is 0 Å². The summed E-state index contributed by atoms with van der Waals surface area (Å²) in [6.07, 6.45) is 0. The molecule has 0 saturated carbocycles. The molecule has 10 aromatic rings. The molecular weight excluding hydrogens is 797 g/mol. The third-order valence-corrected chi connectivity index (χ3v) is 14.4. The molecule has 12 rings (SSSR count). The van der Waals surface area contributed by atoms with Gasteiger partial charge >= 0.3 is 0 Å². The van der Waals surface area contributed by atoms with Crippen molar-refractivity contribution < 1.29 is 0 Å². The molecule has 316 valence electrons. The summed E-state index contributed by atoms with van der Waals surface area (Å²) in [7, 11) is 0. The highest BCUT2D eigenvalue weighted by Gasteiger charge is 2.42. The molecule has 0 atom stereocenters. The maximum atomic E-state index is 2.53. The second kappa shape index (κ2) is 15.4. The monoisotopic (exact) mass is 846 g/mol. The maximum Gasteiger partial charge on any atom is 0.0540 e. The molecule has 0 heterocycles. The maximum absolute atomic E-state index is 2.53. The van der Waals surface area contributed by atoms with Gasteiger partial charge in [0.25, 0.3) is 0 Å². The Hall–Kier alpha value is -7.94. The van der Waals surface area contributed by atoms with E-state index in [9.17, 15) is 0 Å². The molecule has 2 aliphatic carbocycles. The van der Waals surface area contributed by atoms with E-state index in [2.05, 4.69) is 268 Å². The Labute approximate surface area is 388 Å². The lowest BCUT2D eigenvalue weighted by Gasteiger charge is -2.29. The van der Waals surface area contributed by atoms with E-state index in [-0.39, 0.29) is 10.8 Å². The Kier molecular flexibility index (Phi) is 9.22. The smallest absolute Gasteiger partial charge is 0.0540 e. The lowest BCUT2D eigenvalue weighted by atomic mass is 9.79. The molecule has 0 spiro atoms. The first-order chi connectivity index (χ1) is 32.2. The van der Waals surface area contributed by atoms with E-state index >= 15 is 0 Å². The molecule has 0 saturated heterocycles. The highest BCUT2D eigenvalue weighted by molar-refractivity contribution is 6.00. The Morgan fingerprint density at radius 3 is 1.17 bits per heavy atom. The Morgan fingerprint density at radius 1 is 0.273 bits per heavy atom. The van der Waals surface area contributed by atoms with Crippen LogP contribution in [-0.2, 0) is 10.8 Å². The van der Waals surface area contributed by atoms with Crippen LogP contribution in [0.15, 0.2) is 231 Å². The standard InChI is InChI=1S/C64H50N2/c1-63(2)58-39-51(65(49-31-27-45(28-32-49)43-17-8-5-9-18-43)50-33-29-46(30-34-50)44-19-10-6-11-20-44)35-37-54(58)56-41-61-57(42-60(56)63)55-38-36-52(40-59(55)64(61,3)4)66(48-23-12-7-13-24-48)62-26-16-22-47-21-14-15-25-53(47)62/h5-42H,1-4H3. The molecule has 0 aromatic heterocycles. The molecular formula is C64H50N2. The number of anilines is 6. The van der Waals surface area contributed by atoms with Gasteiger partial charge < -0.3 is 9.80 Å². The van der Waals surface area contributed by atoms with Crippen molar-refractivity contribution in [3.8, 4) is 44.5 Å². The summed E-state index contributed by atoms with van der Waals surface area (Å²) in [5.74, 6) is 0. The van der Waals surface area contributed by atoms with Crippen molar-refractivity contribution in [2.45, 2.75) is 38.5 Å². The molecule has 66 heavy (non-hydrogen) atoms. The fourth-order valence-corrected chi connectivity index (χ4v) is 10.9. The van der Waals surface area contributed by atoms with E-state index in [1.54, 1.807) is 0 Å². The number of fused-ring (bicyclic) bond motifs is 7. The average molecular weight is 847 g/mol. The fraction of sp³-hybridized carbons (Fsp3) is 0.0938. The van der Waals surface area contributed by atoms with Gasteiger partial charge in [-0.2, -0.15) is 0 Å². The molecule has 0 amide bonds. The van der Waals surface area contributed by atoms with E-state index in [0.717, 1.165) is 28.4 Å². The van der Waals surface area contributed by atoms with Gasteiger partial charge in [0.15, 0.2) is 0 Å². The fourth-order valence-electron chi connectivity index (χ4n) is 10.9. The van der Waals surface area contributed by atoms with E-state index in [0.29, 0.717) is 0 Å². The molecule has 2 aliphatic rings. The van der Waals surface area contributed by atoms with Crippen LogP contribution in [0.3, 0.4) is 0 Å². The SMILES string of the molecule is CC1(C)c2cc(N(c3ccc(-c4ccccc4)cc3)c3ccc(-c4ccccc4)cc3)ccc2-c2cc3c(cc21)-c1ccc(N(c2ccccc2)c2cccc4ccccc24)cc1C3(C)C. The number of rotatable bonds is 8. The van der Waals surface area contributed by atoms with Gasteiger partial charge in [0.05, 0.1) is 5.69 Å². The first-order valence-electron chi connectivity index (χ1n) is 23.2. The van der Waals surface area contributed by atoms with Crippen LogP contribution in [0, 0.1) is 0 Å². The van der Waals surface area contributed by atoms with Crippen LogP contribution in [0.4, 0.5) is 34.1 Å². The molecule has 0 radical (unpaired) electrons. The molecule has 0 aliphatic heterocycles. The summed E-state index contributed by atoms with van der Waals surface area (Å²) in [6, 6.07) is 84.8. The third-order valence-electron chi connectivity index (χ3n) is 14.4. The van der Waals surface area contributed by atoms with Crippen LogP contribution in [0.5, 0.6) is 0 Å². The highest BCUT2D eigenvalue weighted by Crippen LogP contribution is 2.57. The molecule has 0 bridgehead atoms. The lowest BCUT2D eigenvalue weighted by molar-refractivity contribution is 0.652. The highest BCUT2D eigenvalue weighted by atomic mass is 15.1. The van der Waals surface area contributed by atoms with Gasteiger partial charge in [-0.3, -0.25) is 0 Å². The predicted octanol–water partition coefficient (Wildman–Crippen LogP) is 17.7. The first-order valence-corrected chi connectivity index (χ1v) is 23.2. The molecule has 0 fully saturated rings. The van der Waals surface area contributed by atoms with Gasteiger partial charge in [0.1, 0.15) is 0 Å². The second-order valence-corrected chi connectivity index (χ2v) is 19.0. The second-order valence-electron chi connectivity index (χ2n) is 19.0. The molecule has 2 heteroatoms. The van der Waals surface area contributed by atoms with Crippen LogP contribution < -0.4 is 9.80 Å². The van der Waals surface area contributed by atoms with Crippen molar-refractivity contribution in [3.63, 3.8) is 0 Å². The molecule has 2 nitrogen and oxygen atoms in total. The summed E-state index contributed by atoms with van der Waals surface area (Å²) < 4.78 is 0. The molecule has 0 N–H and O–H groups in total. The average Bonchev–Trinajstić information content (AvgIpc) is 3.73. The zero-order valence-corrected chi connectivity index (χ0v) is 37.8. The molecule has 0 unspecified atom stereocenters.